The molecule has 3 heteroatoms. The number of nitrogens with zero attached hydrogens (tertiary/aromatic N) is 1. The molecule has 0 fully saturated rings. The van der Waals surface area contributed by atoms with Gasteiger partial charge in [0.1, 0.15) is 0 Å². The third kappa shape index (κ3) is 0.933. The Morgan fingerprint density at radius 3 is 3.14 bits per heavy atom. The van der Waals surface area contributed by atoms with Crippen LogP contribution in [-0.4, -0.2) is 4.98 Å². The van der Waals surface area contributed by atoms with Crippen LogP contribution in [0.2, 0.25) is 0 Å². The molecule has 0 N–H and O–H groups in total. The standard InChI is InChI=1S/C4H3ClNO/c5-3-4-6-1-2-7-4/h1H,3H2. The highest BCUT2D eigenvalue weighted by molar-refractivity contribution is 6.16. The predicted molar refractivity (Wildman–Crippen MR) is 24.9 cm³/mol. The zero-order valence-corrected chi connectivity index (χ0v) is 4.27. The van der Waals surface area contributed by atoms with E-state index in [1.165, 1.54) is 6.20 Å². The third-order valence-corrected chi connectivity index (χ3v) is 0.781. The molecule has 0 saturated heterocycles. The number of aromatic nitrogens is 1. The van der Waals surface area contributed by atoms with Crippen molar-refractivity contribution >= 4 is 11.6 Å². The minimum absolute atomic E-state index is 0.323. The second-order valence-corrected chi connectivity index (χ2v) is 1.27. The number of hydrogen-bond donors (Lipinski definition) is 0. The van der Waals surface area contributed by atoms with E-state index in [0.29, 0.717) is 11.8 Å². The fourth-order valence-electron chi connectivity index (χ4n) is 0.281. The second kappa shape index (κ2) is 1.98. The molecule has 37 valence electrons. The molecule has 0 aromatic carbocycles. The minimum Gasteiger partial charge on any atom is -0.436 e. The van der Waals surface area contributed by atoms with Crippen molar-refractivity contribution in [2.24, 2.45) is 0 Å². The van der Waals surface area contributed by atoms with E-state index >= 15 is 0 Å². The molecule has 0 aliphatic heterocycles. The molecule has 2 nitrogen and oxygen atoms in total. The first-order valence-corrected chi connectivity index (χ1v) is 2.33. The van der Waals surface area contributed by atoms with E-state index in [1.54, 1.807) is 0 Å². The van der Waals surface area contributed by atoms with Crippen molar-refractivity contribution in [2.75, 3.05) is 0 Å². The Morgan fingerprint density at radius 2 is 2.86 bits per heavy atom. The van der Waals surface area contributed by atoms with Gasteiger partial charge in [0.15, 0.2) is 6.26 Å². The summed E-state index contributed by atoms with van der Waals surface area (Å²) < 4.78 is 4.61. The largest absolute Gasteiger partial charge is 0.436 e. The van der Waals surface area contributed by atoms with Gasteiger partial charge in [-0.3, -0.25) is 0 Å². The molecule has 1 rings (SSSR count). The molecule has 0 aliphatic rings. The summed E-state index contributed by atoms with van der Waals surface area (Å²) in [6, 6.07) is 0. The summed E-state index contributed by atoms with van der Waals surface area (Å²) in [5.41, 5.74) is 0. The van der Waals surface area contributed by atoms with Crippen LogP contribution < -0.4 is 0 Å². The summed E-state index contributed by atoms with van der Waals surface area (Å²) >= 11 is 5.29. The van der Waals surface area contributed by atoms with Gasteiger partial charge in [-0.2, -0.15) is 0 Å². The monoisotopic (exact) mass is 116 g/mol. The lowest BCUT2D eigenvalue weighted by Gasteiger charge is -1.75. The highest BCUT2D eigenvalue weighted by Gasteiger charge is 1.89. The molecule has 0 bridgehead atoms. The summed E-state index contributed by atoms with van der Waals surface area (Å²) in [6.07, 6.45) is 3.85. The van der Waals surface area contributed by atoms with E-state index in [2.05, 4.69) is 15.7 Å². The van der Waals surface area contributed by atoms with Crippen LogP contribution in [0.3, 0.4) is 0 Å². The lowest BCUT2D eigenvalue weighted by molar-refractivity contribution is 0.508. The van der Waals surface area contributed by atoms with Gasteiger partial charge in [-0.15, -0.1) is 11.6 Å². The zero-order valence-electron chi connectivity index (χ0n) is 3.52. The first-order valence-electron chi connectivity index (χ1n) is 1.80. The molecule has 0 aliphatic carbocycles. The molecule has 0 spiro atoms. The molecular weight excluding hydrogens is 114 g/mol. The van der Waals surface area contributed by atoms with Gasteiger partial charge in [-0.05, 0) is 0 Å². The van der Waals surface area contributed by atoms with Crippen molar-refractivity contribution in [2.45, 2.75) is 5.88 Å². The summed E-state index contributed by atoms with van der Waals surface area (Å²) in [4.78, 5) is 3.68. The predicted octanol–water partition coefficient (Wildman–Crippen LogP) is 1.21. The van der Waals surface area contributed by atoms with Gasteiger partial charge >= 0.3 is 0 Å². The Labute approximate surface area is 46.1 Å². The van der Waals surface area contributed by atoms with Crippen LogP contribution in [0.25, 0.3) is 0 Å². The van der Waals surface area contributed by atoms with Crippen LogP contribution in [0.4, 0.5) is 0 Å². The van der Waals surface area contributed by atoms with Gasteiger partial charge in [-0.1, -0.05) is 0 Å². The van der Waals surface area contributed by atoms with Crippen LogP contribution in [0.5, 0.6) is 0 Å². The Hall–Kier alpha value is -0.500. The van der Waals surface area contributed by atoms with Gasteiger partial charge in [-0.25, -0.2) is 4.98 Å². The van der Waals surface area contributed by atoms with Crippen molar-refractivity contribution in [1.29, 1.82) is 0 Å². The van der Waals surface area contributed by atoms with Crippen LogP contribution in [0.15, 0.2) is 10.6 Å². The molecule has 1 aromatic rings. The summed E-state index contributed by atoms with van der Waals surface area (Å²) in [7, 11) is 0. The number of halogens is 1. The molecule has 7 heavy (non-hydrogen) atoms. The second-order valence-electron chi connectivity index (χ2n) is 1.01. The molecular formula is C4H3ClNO. The van der Waals surface area contributed by atoms with Gasteiger partial charge in [0, 0.05) is 0 Å². The van der Waals surface area contributed by atoms with Crippen LogP contribution in [0.1, 0.15) is 5.89 Å². The fourth-order valence-corrected chi connectivity index (χ4v) is 0.404. The van der Waals surface area contributed by atoms with Crippen molar-refractivity contribution < 1.29 is 4.42 Å². The Balaban J connectivity index is 2.76. The Kier molecular flexibility index (Phi) is 1.32. The van der Waals surface area contributed by atoms with Gasteiger partial charge in [0.2, 0.25) is 5.89 Å². The maximum atomic E-state index is 5.29. The first kappa shape index (κ1) is 4.65. The van der Waals surface area contributed by atoms with Gasteiger partial charge in [0.05, 0.1) is 12.1 Å². The summed E-state index contributed by atoms with van der Waals surface area (Å²) in [6.45, 7) is 0. The van der Waals surface area contributed by atoms with Crippen LogP contribution in [0, 0.1) is 6.26 Å². The number of alkyl halides is 1. The van der Waals surface area contributed by atoms with Crippen molar-refractivity contribution in [3.05, 3.63) is 18.4 Å². The van der Waals surface area contributed by atoms with Gasteiger partial charge in [0.25, 0.3) is 0 Å². The van der Waals surface area contributed by atoms with Crippen molar-refractivity contribution in [1.82, 2.24) is 4.98 Å². The van der Waals surface area contributed by atoms with E-state index in [9.17, 15) is 0 Å². The highest BCUT2D eigenvalue weighted by Crippen LogP contribution is 1.95. The molecule has 0 saturated carbocycles. The van der Waals surface area contributed by atoms with Crippen LogP contribution in [-0.2, 0) is 5.88 Å². The van der Waals surface area contributed by atoms with E-state index in [1.807, 2.05) is 0 Å². The minimum atomic E-state index is 0.323. The normalized spacial score (nSPS) is 9.29. The quantitative estimate of drug-likeness (QED) is 0.516. The van der Waals surface area contributed by atoms with E-state index in [0.717, 1.165) is 0 Å². The molecule has 1 radical (unpaired) electrons. The smallest absolute Gasteiger partial charge is 0.210 e. The van der Waals surface area contributed by atoms with Crippen molar-refractivity contribution in [3.63, 3.8) is 0 Å². The Bertz CT molecular complexity index is 126. The summed E-state index contributed by atoms with van der Waals surface area (Å²) in [5, 5.41) is 0. The molecule has 0 amide bonds. The first-order chi connectivity index (χ1) is 3.43. The fraction of sp³-hybridized carbons (Fsp3) is 0.250. The van der Waals surface area contributed by atoms with Gasteiger partial charge < -0.3 is 4.42 Å². The topological polar surface area (TPSA) is 26.0 Å². The average Bonchev–Trinajstić information content (AvgIpc) is 2.14. The zero-order chi connectivity index (χ0) is 5.11. The lowest BCUT2D eigenvalue weighted by atomic mass is 10.8. The molecule has 1 heterocycles. The molecule has 0 atom stereocenters. The molecule has 0 unspecified atom stereocenters. The van der Waals surface area contributed by atoms with E-state index in [4.69, 9.17) is 11.6 Å². The maximum absolute atomic E-state index is 5.29. The molecule has 1 aromatic heterocycles. The van der Waals surface area contributed by atoms with E-state index in [-0.39, 0.29) is 0 Å². The van der Waals surface area contributed by atoms with E-state index < -0.39 is 0 Å². The lowest BCUT2D eigenvalue weighted by Crippen LogP contribution is -1.70. The SMILES string of the molecule is ClCc1nc[c]o1. The number of hydrogen-bond acceptors (Lipinski definition) is 2. The third-order valence-electron chi connectivity index (χ3n) is 0.552. The van der Waals surface area contributed by atoms with Crippen LogP contribution >= 0.6 is 11.6 Å². The van der Waals surface area contributed by atoms with Crippen molar-refractivity contribution in [3.8, 4) is 0 Å². The summed E-state index contributed by atoms with van der Waals surface area (Å²) in [5.74, 6) is 0.838. The number of oxazole rings is 1. The number of rotatable bonds is 1. The highest BCUT2D eigenvalue weighted by atomic mass is 35.5. The Morgan fingerprint density at radius 1 is 2.00 bits per heavy atom. The maximum Gasteiger partial charge on any atom is 0.210 e. The average molecular weight is 117 g/mol.